The topological polar surface area (TPSA) is 55.2 Å². The molecular formula is C15H15FN2O2. The Labute approximate surface area is 116 Å². The van der Waals surface area contributed by atoms with E-state index in [0.29, 0.717) is 5.69 Å². The maximum atomic E-state index is 12.9. The lowest BCUT2D eigenvalue weighted by molar-refractivity contribution is -0.384. The Morgan fingerprint density at radius 1 is 1.20 bits per heavy atom. The first-order valence-corrected chi connectivity index (χ1v) is 6.24. The van der Waals surface area contributed by atoms with Gasteiger partial charge in [0.25, 0.3) is 5.69 Å². The van der Waals surface area contributed by atoms with E-state index < -0.39 is 4.92 Å². The maximum absolute atomic E-state index is 12.9. The molecule has 5 heteroatoms. The second-order valence-corrected chi connectivity index (χ2v) is 4.70. The van der Waals surface area contributed by atoms with Crippen LogP contribution in [0.15, 0.2) is 42.5 Å². The smallest absolute Gasteiger partial charge is 0.292 e. The van der Waals surface area contributed by atoms with Gasteiger partial charge in [-0.25, -0.2) is 4.39 Å². The highest BCUT2D eigenvalue weighted by Crippen LogP contribution is 2.29. The molecule has 0 saturated heterocycles. The Bertz CT molecular complexity index is 626. The van der Waals surface area contributed by atoms with E-state index in [1.165, 1.54) is 18.2 Å². The van der Waals surface area contributed by atoms with Crippen LogP contribution in [0.4, 0.5) is 15.8 Å². The van der Waals surface area contributed by atoms with E-state index in [-0.39, 0.29) is 17.5 Å². The van der Waals surface area contributed by atoms with E-state index in [1.807, 2.05) is 13.8 Å². The SMILES string of the molecule is Cc1ccc([N+](=O)[O-])c(NC(C)c2ccc(F)cc2)c1. The van der Waals surface area contributed by atoms with E-state index >= 15 is 0 Å². The molecule has 0 aromatic heterocycles. The van der Waals surface area contributed by atoms with Crippen LogP contribution in [0.1, 0.15) is 24.1 Å². The van der Waals surface area contributed by atoms with E-state index in [1.54, 1.807) is 24.3 Å². The van der Waals surface area contributed by atoms with Gasteiger partial charge in [-0.05, 0) is 43.2 Å². The third-order valence-corrected chi connectivity index (χ3v) is 3.09. The summed E-state index contributed by atoms with van der Waals surface area (Å²) >= 11 is 0. The van der Waals surface area contributed by atoms with Crippen molar-refractivity contribution in [1.29, 1.82) is 0 Å². The molecule has 1 unspecified atom stereocenters. The van der Waals surface area contributed by atoms with Crippen LogP contribution in [0, 0.1) is 22.9 Å². The first kappa shape index (κ1) is 14.0. The van der Waals surface area contributed by atoms with Gasteiger partial charge in [-0.3, -0.25) is 10.1 Å². The molecule has 4 nitrogen and oxygen atoms in total. The van der Waals surface area contributed by atoms with Crippen LogP contribution in [-0.4, -0.2) is 4.92 Å². The minimum absolute atomic E-state index is 0.0320. The predicted molar refractivity (Wildman–Crippen MR) is 76.3 cm³/mol. The normalized spacial score (nSPS) is 11.9. The molecule has 1 atom stereocenters. The van der Waals surface area contributed by atoms with E-state index in [9.17, 15) is 14.5 Å². The molecule has 1 N–H and O–H groups in total. The minimum Gasteiger partial charge on any atom is -0.373 e. The molecular weight excluding hydrogens is 259 g/mol. The fraction of sp³-hybridized carbons (Fsp3) is 0.200. The summed E-state index contributed by atoms with van der Waals surface area (Å²) in [4.78, 5) is 10.6. The Hall–Kier alpha value is -2.43. The molecule has 0 aliphatic rings. The van der Waals surface area contributed by atoms with E-state index in [4.69, 9.17) is 0 Å². The van der Waals surface area contributed by atoms with Gasteiger partial charge < -0.3 is 5.32 Å². The van der Waals surface area contributed by atoms with E-state index in [0.717, 1.165) is 11.1 Å². The highest BCUT2D eigenvalue weighted by molar-refractivity contribution is 5.63. The molecule has 0 amide bonds. The van der Waals surface area contributed by atoms with Crippen LogP contribution < -0.4 is 5.32 Å². The summed E-state index contributed by atoms with van der Waals surface area (Å²) in [6, 6.07) is 10.8. The molecule has 0 fully saturated rings. The summed E-state index contributed by atoms with van der Waals surface area (Å²) in [5.74, 6) is -0.303. The number of hydrogen-bond acceptors (Lipinski definition) is 3. The monoisotopic (exact) mass is 274 g/mol. The van der Waals surface area contributed by atoms with Crippen molar-refractivity contribution in [2.24, 2.45) is 0 Å². The van der Waals surface area contributed by atoms with Gasteiger partial charge in [0.1, 0.15) is 11.5 Å². The average molecular weight is 274 g/mol. The first-order valence-electron chi connectivity index (χ1n) is 6.24. The van der Waals surface area contributed by atoms with Gasteiger partial charge in [0.05, 0.1) is 4.92 Å². The maximum Gasteiger partial charge on any atom is 0.292 e. The van der Waals surface area contributed by atoms with Gasteiger partial charge in [-0.15, -0.1) is 0 Å². The predicted octanol–water partition coefficient (Wildman–Crippen LogP) is 4.22. The molecule has 0 radical (unpaired) electrons. The third-order valence-electron chi connectivity index (χ3n) is 3.09. The number of rotatable bonds is 4. The van der Waals surface area contributed by atoms with Crippen molar-refractivity contribution in [2.45, 2.75) is 19.9 Å². The zero-order chi connectivity index (χ0) is 14.7. The van der Waals surface area contributed by atoms with Gasteiger partial charge in [0.2, 0.25) is 0 Å². The number of nitrogens with one attached hydrogen (secondary N) is 1. The van der Waals surface area contributed by atoms with Crippen molar-refractivity contribution in [3.05, 3.63) is 69.5 Å². The number of aryl methyl sites for hydroxylation is 1. The fourth-order valence-corrected chi connectivity index (χ4v) is 1.99. The molecule has 0 heterocycles. The molecule has 20 heavy (non-hydrogen) atoms. The third kappa shape index (κ3) is 3.12. The highest BCUT2D eigenvalue weighted by Gasteiger charge is 2.16. The number of nitrogens with zero attached hydrogens (tertiary/aromatic N) is 1. The highest BCUT2D eigenvalue weighted by atomic mass is 19.1. The second-order valence-electron chi connectivity index (χ2n) is 4.70. The number of nitro benzene ring substituents is 1. The number of hydrogen-bond donors (Lipinski definition) is 1. The van der Waals surface area contributed by atoms with E-state index in [2.05, 4.69) is 5.32 Å². The van der Waals surface area contributed by atoms with Gasteiger partial charge >= 0.3 is 0 Å². The summed E-state index contributed by atoms with van der Waals surface area (Å²) in [6.07, 6.45) is 0. The minimum atomic E-state index is -0.418. The first-order chi connectivity index (χ1) is 9.47. The quantitative estimate of drug-likeness (QED) is 0.671. The van der Waals surface area contributed by atoms with Crippen LogP contribution in [0.3, 0.4) is 0 Å². The van der Waals surface area contributed by atoms with Crippen molar-refractivity contribution in [1.82, 2.24) is 0 Å². The average Bonchev–Trinajstić information content (AvgIpc) is 2.39. The number of anilines is 1. The molecule has 0 spiro atoms. The second kappa shape index (κ2) is 5.69. The molecule has 104 valence electrons. The lowest BCUT2D eigenvalue weighted by atomic mass is 10.1. The molecule has 0 bridgehead atoms. The Balaban J connectivity index is 2.27. The lowest BCUT2D eigenvalue weighted by Gasteiger charge is -2.16. The van der Waals surface area contributed by atoms with Crippen LogP contribution in [0.25, 0.3) is 0 Å². The fourth-order valence-electron chi connectivity index (χ4n) is 1.99. The van der Waals surface area contributed by atoms with Crippen LogP contribution in [0.5, 0.6) is 0 Å². The Morgan fingerprint density at radius 3 is 2.45 bits per heavy atom. The van der Waals surface area contributed by atoms with Crippen molar-refractivity contribution in [3.63, 3.8) is 0 Å². The summed E-state index contributed by atoms with van der Waals surface area (Å²) in [5.41, 5.74) is 2.29. The number of nitro groups is 1. The van der Waals surface area contributed by atoms with Crippen LogP contribution >= 0.6 is 0 Å². The van der Waals surface area contributed by atoms with Gasteiger partial charge in [-0.1, -0.05) is 18.2 Å². The zero-order valence-corrected chi connectivity index (χ0v) is 11.3. The summed E-state index contributed by atoms with van der Waals surface area (Å²) in [6.45, 7) is 3.75. The van der Waals surface area contributed by atoms with Crippen molar-refractivity contribution in [3.8, 4) is 0 Å². The molecule has 2 aromatic carbocycles. The standard InChI is InChI=1S/C15H15FN2O2/c1-10-3-8-15(18(19)20)14(9-10)17-11(2)12-4-6-13(16)7-5-12/h3-9,11,17H,1-2H3. The molecule has 0 aliphatic heterocycles. The molecule has 2 rings (SSSR count). The van der Waals surface area contributed by atoms with Crippen molar-refractivity contribution >= 4 is 11.4 Å². The van der Waals surface area contributed by atoms with Crippen LogP contribution in [-0.2, 0) is 0 Å². The summed E-state index contributed by atoms with van der Waals surface area (Å²) in [5, 5.41) is 14.1. The van der Waals surface area contributed by atoms with Gasteiger partial charge in [-0.2, -0.15) is 0 Å². The Morgan fingerprint density at radius 2 is 1.85 bits per heavy atom. The Kier molecular flexibility index (Phi) is 3.98. The van der Waals surface area contributed by atoms with Crippen LogP contribution in [0.2, 0.25) is 0 Å². The van der Waals surface area contributed by atoms with Gasteiger partial charge in [0.15, 0.2) is 0 Å². The number of halogens is 1. The molecule has 2 aromatic rings. The number of benzene rings is 2. The molecule has 0 aliphatic carbocycles. The largest absolute Gasteiger partial charge is 0.373 e. The molecule has 0 saturated carbocycles. The zero-order valence-electron chi connectivity index (χ0n) is 11.3. The van der Waals surface area contributed by atoms with Crippen molar-refractivity contribution in [2.75, 3.05) is 5.32 Å². The lowest BCUT2D eigenvalue weighted by Crippen LogP contribution is -2.08. The van der Waals surface area contributed by atoms with Crippen molar-refractivity contribution < 1.29 is 9.31 Å². The summed E-state index contributed by atoms with van der Waals surface area (Å²) in [7, 11) is 0. The summed E-state index contributed by atoms with van der Waals surface area (Å²) < 4.78 is 12.9. The van der Waals surface area contributed by atoms with Gasteiger partial charge in [0, 0.05) is 12.1 Å².